The summed E-state index contributed by atoms with van der Waals surface area (Å²) in [5.74, 6) is -0.287. The number of esters is 1. The largest absolute Gasteiger partial charge is 0.456 e. The molecule has 2 fully saturated rings. The summed E-state index contributed by atoms with van der Waals surface area (Å²) in [5, 5.41) is 21.9. The van der Waals surface area contributed by atoms with Crippen molar-refractivity contribution >= 4 is 11.9 Å². The van der Waals surface area contributed by atoms with Crippen LogP contribution in [-0.2, 0) is 14.3 Å². The maximum absolute atomic E-state index is 13.1. The van der Waals surface area contributed by atoms with Crippen LogP contribution in [0.25, 0.3) is 5.69 Å². The highest BCUT2D eigenvalue weighted by atomic mass is 16.5. The number of cyclic esters (lactones) is 1. The summed E-state index contributed by atoms with van der Waals surface area (Å²) >= 11 is 0. The molecule has 0 bridgehead atoms. The highest BCUT2D eigenvalue weighted by Gasteiger charge is 2.49. The van der Waals surface area contributed by atoms with Crippen LogP contribution < -0.4 is 0 Å². The van der Waals surface area contributed by atoms with Gasteiger partial charge in [-0.05, 0) is 61.8 Å². The smallest absolute Gasteiger partial charge is 0.333 e. The van der Waals surface area contributed by atoms with E-state index in [0.29, 0.717) is 24.5 Å². The molecule has 11 heteroatoms. The summed E-state index contributed by atoms with van der Waals surface area (Å²) in [5.41, 5.74) is 2.38. The molecule has 5 rings (SSSR count). The standard InChI is InChI=1S/C21H25N7O4/c1-14-17(28-13-22-24-25-28)3-2-16(23-14)18(29)11-26-7-4-21(5-8-26)6-9-27(20(21)31)15-10-19(30)32-12-15/h2-3,10,13,18,29H,4-9,11-12H2,1H3/t18-/m1/s1. The Labute approximate surface area is 184 Å². The maximum Gasteiger partial charge on any atom is 0.333 e. The number of carbonyl (C=O) groups excluding carboxylic acids is 2. The number of tetrazole rings is 1. The lowest BCUT2D eigenvalue weighted by Crippen LogP contribution is -2.45. The molecule has 0 unspecified atom stereocenters. The molecule has 0 aliphatic carbocycles. The molecule has 1 N–H and O–H groups in total. The Morgan fingerprint density at radius 2 is 1.97 bits per heavy atom. The molecular formula is C21H25N7O4. The van der Waals surface area contributed by atoms with E-state index >= 15 is 0 Å². The number of likely N-dealkylation sites (tertiary alicyclic amines) is 2. The van der Waals surface area contributed by atoms with Crippen molar-refractivity contribution < 1.29 is 19.4 Å². The number of pyridine rings is 1. The summed E-state index contributed by atoms with van der Waals surface area (Å²) in [6.45, 7) is 4.57. The average Bonchev–Trinajstić information content (AvgIpc) is 3.52. The van der Waals surface area contributed by atoms with Crippen LogP contribution >= 0.6 is 0 Å². The SMILES string of the molecule is Cc1nc([C@H](O)CN2CCC3(CC2)CCN(C2=CC(=O)OC2)C3=O)ccc1-n1cnnn1. The molecule has 0 aromatic carbocycles. The molecule has 1 amide bonds. The molecule has 1 atom stereocenters. The van der Waals surface area contributed by atoms with E-state index in [1.807, 2.05) is 13.0 Å². The normalized spacial score (nSPS) is 21.8. The number of aromatic nitrogens is 5. The van der Waals surface area contributed by atoms with Gasteiger partial charge < -0.3 is 19.6 Å². The van der Waals surface area contributed by atoms with E-state index in [0.717, 1.165) is 43.7 Å². The number of hydrogen-bond donors (Lipinski definition) is 1. The second-order valence-electron chi connectivity index (χ2n) is 8.64. The van der Waals surface area contributed by atoms with E-state index in [1.165, 1.54) is 17.1 Å². The summed E-state index contributed by atoms with van der Waals surface area (Å²) in [6, 6.07) is 3.64. The number of aryl methyl sites for hydroxylation is 1. The number of aliphatic hydroxyl groups is 1. The van der Waals surface area contributed by atoms with E-state index in [1.54, 1.807) is 11.0 Å². The number of ether oxygens (including phenoxy) is 1. The van der Waals surface area contributed by atoms with Crippen molar-refractivity contribution in [1.82, 2.24) is 35.0 Å². The minimum Gasteiger partial charge on any atom is -0.456 e. The van der Waals surface area contributed by atoms with E-state index in [-0.39, 0.29) is 23.9 Å². The zero-order valence-electron chi connectivity index (χ0n) is 17.8. The minimum atomic E-state index is -0.728. The highest BCUT2D eigenvalue weighted by Crippen LogP contribution is 2.43. The van der Waals surface area contributed by atoms with Crippen molar-refractivity contribution in [2.24, 2.45) is 5.41 Å². The van der Waals surface area contributed by atoms with Crippen molar-refractivity contribution in [2.75, 3.05) is 32.8 Å². The van der Waals surface area contributed by atoms with Crippen molar-refractivity contribution in [3.05, 3.63) is 41.6 Å². The Morgan fingerprint density at radius 3 is 2.62 bits per heavy atom. The fourth-order valence-corrected chi connectivity index (χ4v) is 4.85. The van der Waals surface area contributed by atoms with Gasteiger partial charge in [-0.25, -0.2) is 4.79 Å². The molecular weight excluding hydrogens is 414 g/mol. The summed E-state index contributed by atoms with van der Waals surface area (Å²) in [6.07, 6.45) is 4.45. The predicted molar refractivity (Wildman–Crippen MR) is 110 cm³/mol. The van der Waals surface area contributed by atoms with Gasteiger partial charge in [-0.2, -0.15) is 4.68 Å². The van der Waals surface area contributed by atoms with Gasteiger partial charge in [0.25, 0.3) is 0 Å². The number of piperidine rings is 1. The molecule has 2 aromatic rings. The first-order valence-corrected chi connectivity index (χ1v) is 10.8. The van der Waals surface area contributed by atoms with Crippen molar-refractivity contribution in [3.8, 4) is 5.69 Å². The van der Waals surface area contributed by atoms with Crippen LogP contribution in [0, 0.1) is 12.3 Å². The predicted octanol–water partition coefficient (Wildman–Crippen LogP) is 0.154. The summed E-state index contributed by atoms with van der Waals surface area (Å²) < 4.78 is 6.50. The molecule has 1 spiro atoms. The Kier molecular flexibility index (Phi) is 5.22. The van der Waals surface area contributed by atoms with Crippen molar-refractivity contribution in [1.29, 1.82) is 0 Å². The fraction of sp³-hybridized carbons (Fsp3) is 0.524. The van der Waals surface area contributed by atoms with Crippen LogP contribution in [0.3, 0.4) is 0 Å². The van der Waals surface area contributed by atoms with Gasteiger partial charge in [0.15, 0.2) is 0 Å². The first-order chi connectivity index (χ1) is 15.4. The van der Waals surface area contributed by atoms with Gasteiger partial charge in [0.2, 0.25) is 5.91 Å². The van der Waals surface area contributed by atoms with Gasteiger partial charge in [0.05, 0.1) is 28.2 Å². The molecule has 11 nitrogen and oxygen atoms in total. The van der Waals surface area contributed by atoms with Crippen LogP contribution in [0.1, 0.15) is 36.8 Å². The van der Waals surface area contributed by atoms with E-state index < -0.39 is 6.10 Å². The summed E-state index contributed by atoms with van der Waals surface area (Å²) in [4.78, 5) is 32.9. The zero-order valence-corrected chi connectivity index (χ0v) is 17.8. The maximum atomic E-state index is 13.1. The van der Waals surface area contributed by atoms with Crippen LogP contribution in [0.2, 0.25) is 0 Å². The molecule has 3 aliphatic heterocycles. The number of aliphatic hydroxyl groups excluding tert-OH is 1. The van der Waals surface area contributed by atoms with Crippen LogP contribution in [0.4, 0.5) is 0 Å². The highest BCUT2D eigenvalue weighted by molar-refractivity contribution is 5.90. The van der Waals surface area contributed by atoms with Gasteiger partial charge in [0.1, 0.15) is 19.0 Å². The Morgan fingerprint density at radius 1 is 1.19 bits per heavy atom. The molecule has 2 saturated heterocycles. The third kappa shape index (κ3) is 3.67. The monoisotopic (exact) mass is 439 g/mol. The third-order valence-corrected chi connectivity index (χ3v) is 6.77. The van der Waals surface area contributed by atoms with E-state index in [9.17, 15) is 14.7 Å². The lowest BCUT2D eigenvalue weighted by Gasteiger charge is -2.38. The molecule has 2 aromatic heterocycles. The van der Waals surface area contributed by atoms with Gasteiger partial charge in [-0.15, -0.1) is 5.10 Å². The number of amides is 1. The molecule has 5 heterocycles. The van der Waals surface area contributed by atoms with Gasteiger partial charge in [-0.3, -0.25) is 9.78 Å². The molecule has 32 heavy (non-hydrogen) atoms. The van der Waals surface area contributed by atoms with Crippen LogP contribution in [0.5, 0.6) is 0 Å². The first kappa shape index (κ1) is 20.7. The van der Waals surface area contributed by atoms with Crippen molar-refractivity contribution in [2.45, 2.75) is 32.3 Å². The van der Waals surface area contributed by atoms with Gasteiger partial charge in [0, 0.05) is 19.2 Å². The average molecular weight is 439 g/mol. The Balaban J connectivity index is 1.19. The quantitative estimate of drug-likeness (QED) is 0.648. The fourth-order valence-electron chi connectivity index (χ4n) is 4.85. The second-order valence-corrected chi connectivity index (χ2v) is 8.64. The number of β-amino-alcohol motifs (C(OH)–C–C–N with tert-alkyl or cyclic N) is 1. The number of hydrogen-bond acceptors (Lipinski definition) is 9. The number of nitrogens with zero attached hydrogens (tertiary/aromatic N) is 7. The van der Waals surface area contributed by atoms with Gasteiger partial charge >= 0.3 is 5.97 Å². The van der Waals surface area contributed by atoms with Crippen LogP contribution in [0.15, 0.2) is 30.2 Å². The lowest BCUT2D eigenvalue weighted by atomic mass is 9.77. The van der Waals surface area contributed by atoms with Crippen LogP contribution in [-0.4, -0.2) is 84.8 Å². The Hall–Kier alpha value is -3.18. The number of carbonyl (C=O) groups is 2. The zero-order chi connectivity index (χ0) is 22.3. The number of rotatable bonds is 5. The lowest BCUT2D eigenvalue weighted by molar-refractivity contribution is -0.138. The topological polar surface area (TPSA) is 127 Å². The second kappa shape index (κ2) is 8.06. The first-order valence-electron chi connectivity index (χ1n) is 10.8. The minimum absolute atomic E-state index is 0.0951. The Bertz CT molecular complexity index is 1060. The third-order valence-electron chi connectivity index (χ3n) is 6.77. The van der Waals surface area contributed by atoms with E-state index in [2.05, 4.69) is 25.4 Å². The van der Waals surface area contributed by atoms with E-state index in [4.69, 9.17) is 4.74 Å². The summed E-state index contributed by atoms with van der Waals surface area (Å²) in [7, 11) is 0. The van der Waals surface area contributed by atoms with Crippen molar-refractivity contribution in [3.63, 3.8) is 0 Å². The molecule has 0 radical (unpaired) electrons. The van der Waals surface area contributed by atoms with Gasteiger partial charge in [-0.1, -0.05) is 0 Å². The molecule has 3 aliphatic rings. The molecule has 0 saturated carbocycles. The molecule has 168 valence electrons.